The zero-order valence-electron chi connectivity index (χ0n) is 11.1. The Hall–Kier alpha value is -1.96. The SMILES string of the molecule is N#CC1(C(O)c2ccc3ncccc3c2)CCOCC1. The Kier molecular flexibility index (Phi) is 3.39. The van der Waals surface area contributed by atoms with Crippen molar-refractivity contribution in [2.24, 2.45) is 5.41 Å². The molecule has 1 aliphatic heterocycles. The molecule has 1 fully saturated rings. The third kappa shape index (κ3) is 2.15. The lowest BCUT2D eigenvalue weighted by molar-refractivity contribution is -0.0309. The van der Waals surface area contributed by atoms with Gasteiger partial charge in [-0.2, -0.15) is 5.26 Å². The van der Waals surface area contributed by atoms with Crippen molar-refractivity contribution in [2.45, 2.75) is 18.9 Å². The first kappa shape index (κ1) is 13.0. The normalized spacial score (nSPS) is 19.4. The molecule has 0 amide bonds. The van der Waals surface area contributed by atoms with E-state index >= 15 is 0 Å². The van der Waals surface area contributed by atoms with Crippen LogP contribution < -0.4 is 0 Å². The van der Waals surface area contributed by atoms with Gasteiger partial charge in [0.2, 0.25) is 0 Å². The molecule has 0 aliphatic carbocycles. The number of benzene rings is 1. The first-order chi connectivity index (χ1) is 9.75. The summed E-state index contributed by atoms with van der Waals surface area (Å²) in [6.45, 7) is 1.06. The van der Waals surface area contributed by atoms with E-state index < -0.39 is 11.5 Å². The molecule has 0 bridgehead atoms. The molecule has 1 N–H and O–H groups in total. The van der Waals surface area contributed by atoms with E-state index in [1.54, 1.807) is 6.20 Å². The highest BCUT2D eigenvalue weighted by atomic mass is 16.5. The third-order valence-corrected chi connectivity index (χ3v) is 4.07. The molecule has 4 nitrogen and oxygen atoms in total. The number of pyridine rings is 1. The van der Waals surface area contributed by atoms with Crippen molar-refractivity contribution >= 4 is 10.9 Å². The average molecular weight is 268 g/mol. The number of hydrogen-bond donors (Lipinski definition) is 1. The Bertz CT molecular complexity index is 657. The topological polar surface area (TPSA) is 66.1 Å². The Morgan fingerprint density at radius 1 is 1.30 bits per heavy atom. The molecular weight excluding hydrogens is 252 g/mol. The quantitative estimate of drug-likeness (QED) is 0.909. The molecule has 1 unspecified atom stereocenters. The molecule has 1 aromatic heterocycles. The molecule has 0 spiro atoms. The Morgan fingerprint density at radius 3 is 2.85 bits per heavy atom. The number of rotatable bonds is 2. The Balaban J connectivity index is 1.99. The van der Waals surface area contributed by atoms with Crippen LogP contribution in [0.3, 0.4) is 0 Å². The predicted molar refractivity (Wildman–Crippen MR) is 74.8 cm³/mol. The second kappa shape index (κ2) is 5.20. The highest BCUT2D eigenvalue weighted by Gasteiger charge is 2.40. The van der Waals surface area contributed by atoms with Gasteiger partial charge in [0.1, 0.15) is 0 Å². The maximum Gasteiger partial charge on any atom is 0.0978 e. The van der Waals surface area contributed by atoms with Crippen molar-refractivity contribution < 1.29 is 9.84 Å². The van der Waals surface area contributed by atoms with Crippen LogP contribution in [0.4, 0.5) is 0 Å². The summed E-state index contributed by atoms with van der Waals surface area (Å²) in [6, 6.07) is 11.8. The van der Waals surface area contributed by atoms with Gasteiger partial charge in [0, 0.05) is 24.8 Å². The summed E-state index contributed by atoms with van der Waals surface area (Å²) in [7, 11) is 0. The molecule has 1 saturated heterocycles. The lowest BCUT2D eigenvalue weighted by Crippen LogP contribution is -2.34. The second-order valence-electron chi connectivity index (χ2n) is 5.24. The maximum absolute atomic E-state index is 10.7. The van der Waals surface area contributed by atoms with Gasteiger partial charge in [0.15, 0.2) is 0 Å². The van der Waals surface area contributed by atoms with Gasteiger partial charge in [-0.3, -0.25) is 4.98 Å². The van der Waals surface area contributed by atoms with Gasteiger partial charge in [0.25, 0.3) is 0 Å². The van der Waals surface area contributed by atoms with Crippen LogP contribution in [-0.2, 0) is 4.74 Å². The van der Waals surface area contributed by atoms with Gasteiger partial charge in [-0.15, -0.1) is 0 Å². The minimum atomic E-state index is -0.791. The van der Waals surface area contributed by atoms with Crippen molar-refractivity contribution in [2.75, 3.05) is 13.2 Å². The lowest BCUT2D eigenvalue weighted by Gasteiger charge is -2.35. The molecule has 20 heavy (non-hydrogen) atoms. The van der Waals surface area contributed by atoms with Crippen LogP contribution in [0.2, 0.25) is 0 Å². The summed E-state index contributed by atoms with van der Waals surface area (Å²) < 4.78 is 5.31. The van der Waals surface area contributed by atoms with Crippen LogP contribution >= 0.6 is 0 Å². The van der Waals surface area contributed by atoms with Crippen molar-refractivity contribution in [1.29, 1.82) is 5.26 Å². The monoisotopic (exact) mass is 268 g/mol. The molecule has 2 heterocycles. The van der Waals surface area contributed by atoms with Gasteiger partial charge < -0.3 is 9.84 Å². The molecule has 3 rings (SSSR count). The fourth-order valence-electron chi connectivity index (χ4n) is 2.77. The van der Waals surface area contributed by atoms with Gasteiger partial charge in [0.05, 0.1) is 23.1 Å². The van der Waals surface area contributed by atoms with E-state index in [2.05, 4.69) is 11.1 Å². The fraction of sp³-hybridized carbons (Fsp3) is 0.375. The lowest BCUT2D eigenvalue weighted by atomic mass is 9.74. The second-order valence-corrected chi connectivity index (χ2v) is 5.24. The van der Waals surface area contributed by atoms with Crippen LogP contribution in [0.25, 0.3) is 10.9 Å². The fourth-order valence-corrected chi connectivity index (χ4v) is 2.77. The number of nitriles is 1. The average Bonchev–Trinajstić information content (AvgIpc) is 2.54. The number of aliphatic hydroxyl groups is 1. The standard InChI is InChI=1S/C16H16N2O2/c17-11-16(5-8-20-9-6-16)15(19)13-3-4-14-12(10-13)2-1-7-18-14/h1-4,7,10,15,19H,5-6,8-9H2. The zero-order chi connectivity index (χ0) is 14.0. The summed E-state index contributed by atoms with van der Waals surface area (Å²) >= 11 is 0. The van der Waals surface area contributed by atoms with E-state index in [4.69, 9.17) is 4.74 Å². The summed E-state index contributed by atoms with van der Waals surface area (Å²) in [4.78, 5) is 4.27. The summed E-state index contributed by atoms with van der Waals surface area (Å²) in [6.07, 6.45) is 2.08. The molecule has 0 radical (unpaired) electrons. The number of aliphatic hydroxyl groups excluding tert-OH is 1. The van der Waals surface area contributed by atoms with Crippen molar-refractivity contribution in [1.82, 2.24) is 4.98 Å². The van der Waals surface area contributed by atoms with E-state index in [0.717, 1.165) is 16.5 Å². The maximum atomic E-state index is 10.7. The van der Waals surface area contributed by atoms with Crippen molar-refractivity contribution in [3.05, 3.63) is 42.1 Å². The Labute approximate surface area is 117 Å². The molecule has 1 aliphatic rings. The van der Waals surface area contributed by atoms with Crippen LogP contribution in [0.15, 0.2) is 36.5 Å². The van der Waals surface area contributed by atoms with Crippen molar-refractivity contribution in [3.8, 4) is 6.07 Å². The van der Waals surface area contributed by atoms with E-state index in [9.17, 15) is 10.4 Å². The van der Waals surface area contributed by atoms with Gasteiger partial charge in [-0.25, -0.2) is 0 Å². The molecule has 0 saturated carbocycles. The van der Waals surface area contributed by atoms with E-state index in [0.29, 0.717) is 26.1 Å². The first-order valence-corrected chi connectivity index (χ1v) is 6.77. The van der Waals surface area contributed by atoms with Gasteiger partial charge >= 0.3 is 0 Å². The zero-order valence-corrected chi connectivity index (χ0v) is 11.1. The molecule has 4 heteroatoms. The highest BCUT2D eigenvalue weighted by Crippen LogP contribution is 2.42. The smallest absolute Gasteiger partial charge is 0.0978 e. The minimum absolute atomic E-state index is 0.528. The summed E-state index contributed by atoms with van der Waals surface area (Å²) in [5.41, 5.74) is 0.920. The highest BCUT2D eigenvalue weighted by molar-refractivity contribution is 5.79. The molecule has 1 aromatic carbocycles. The largest absolute Gasteiger partial charge is 0.387 e. The number of ether oxygens (including phenoxy) is 1. The number of aromatic nitrogens is 1. The first-order valence-electron chi connectivity index (χ1n) is 6.77. The minimum Gasteiger partial charge on any atom is -0.387 e. The number of fused-ring (bicyclic) bond motifs is 1. The molecule has 2 aromatic rings. The van der Waals surface area contributed by atoms with Crippen LogP contribution in [0.1, 0.15) is 24.5 Å². The number of nitrogens with zero attached hydrogens (tertiary/aromatic N) is 2. The van der Waals surface area contributed by atoms with E-state index in [1.165, 1.54) is 0 Å². The predicted octanol–water partition coefficient (Wildman–Crippen LogP) is 2.59. The summed E-state index contributed by atoms with van der Waals surface area (Å²) in [5.74, 6) is 0. The third-order valence-electron chi connectivity index (χ3n) is 4.07. The molecule has 102 valence electrons. The van der Waals surface area contributed by atoms with Crippen LogP contribution in [-0.4, -0.2) is 23.3 Å². The van der Waals surface area contributed by atoms with Crippen LogP contribution in [0, 0.1) is 16.7 Å². The molecular formula is C16H16N2O2. The van der Waals surface area contributed by atoms with Gasteiger partial charge in [-0.05, 0) is 36.6 Å². The Morgan fingerprint density at radius 2 is 2.10 bits per heavy atom. The van der Waals surface area contributed by atoms with E-state index in [-0.39, 0.29) is 0 Å². The number of hydrogen-bond acceptors (Lipinski definition) is 4. The van der Waals surface area contributed by atoms with Crippen LogP contribution in [0.5, 0.6) is 0 Å². The summed E-state index contributed by atoms with van der Waals surface area (Å²) in [5, 5.41) is 21.1. The molecule has 1 atom stereocenters. The van der Waals surface area contributed by atoms with Gasteiger partial charge in [-0.1, -0.05) is 12.1 Å². The van der Waals surface area contributed by atoms with Crippen molar-refractivity contribution in [3.63, 3.8) is 0 Å². The van der Waals surface area contributed by atoms with E-state index in [1.807, 2.05) is 30.3 Å².